The molecule has 0 aliphatic heterocycles. The van der Waals surface area contributed by atoms with Crippen LogP contribution in [0.1, 0.15) is 71.6 Å². The molecule has 4 fully saturated rings. The summed E-state index contributed by atoms with van der Waals surface area (Å²) in [5, 5.41) is 0. The lowest BCUT2D eigenvalue weighted by molar-refractivity contribution is -0.148. The van der Waals surface area contributed by atoms with Crippen LogP contribution in [0.15, 0.2) is 0 Å². The van der Waals surface area contributed by atoms with E-state index >= 15 is 0 Å². The molecule has 0 heterocycles. The van der Waals surface area contributed by atoms with Gasteiger partial charge in [-0.3, -0.25) is 4.79 Å². The lowest BCUT2D eigenvalue weighted by Gasteiger charge is -2.60. The van der Waals surface area contributed by atoms with E-state index in [4.69, 9.17) is 0 Å². The van der Waals surface area contributed by atoms with Gasteiger partial charge in [-0.05, 0) is 67.6 Å². The molecule has 4 rings (SSSR count). The van der Waals surface area contributed by atoms with Crippen LogP contribution in [0, 0.1) is 34.5 Å². The Morgan fingerprint density at radius 2 is 1.81 bits per heavy atom. The van der Waals surface area contributed by atoms with E-state index < -0.39 is 6.17 Å². The smallest absolute Gasteiger partial charge is 0.139 e. The molecule has 0 radical (unpaired) electrons. The van der Waals surface area contributed by atoms with E-state index in [1.54, 1.807) is 0 Å². The minimum atomic E-state index is -0.616. The van der Waals surface area contributed by atoms with E-state index in [1.165, 1.54) is 25.7 Å². The van der Waals surface area contributed by atoms with Crippen LogP contribution in [0.4, 0.5) is 4.39 Å². The molecule has 0 aromatic heterocycles. The van der Waals surface area contributed by atoms with Crippen LogP contribution in [-0.2, 0) is 4.79 Å². The summed E-state index contributed by atoms with van der Waals surface area (Å²) in [5.74, 6) is 2.40. The van der Waals surface area contributed by atoms with Crippen molar-refractivity contribution in [2.75, 3.05) is 0 Å². The number of fused-ring (bicyclic) bond motifs is 5. The average molecular weight is 292 g/mol. The molecule has 0 aromatic carbocycles. The van der Waals surface area contributed by atoms with Gasteiger partial charge < -0.3 is 0 Å². The standard InChI is InChI=1S/C19H29FO/c1-18-9-4-3-5-15(18)16(20)11-12-13-6-7-17(21)19(13,2)10-8-14(12)18/h12-16H,3-11H2,1-2H3/t12-,13-,14-,15?,16-,18+,19-/m0/s1. The van der Waals surface area contributed by atoms with Crippen molar-refractivity contribution in [3.05, 3.63) is 0 Å². The third kappa shape index (κ3) is 1.77. The second-order valence-corrected chi connectivity index (χ2v) is 8.90. The normalized spacial score (nSPS) is 56.5. The zero-order valence-corrected chi connectivity index (χ0v) is 13.5. The quantitative estimate of drug-likeness (QED) is 0.618. The van der Waals surface area contributed by atoms with Crippen molar-refractivity contribution in [1.29, 1.82) is 0 Å². The zero-order chi connectivity index (χ0) is 14.8. The Bertz CT molecular complexity index is 460. The van der Waals surface area contributed by atoms with Gasteiger partial charge >= 0.3 is 0 Å². The molecular formula is C19H29FO. The maximum absolute atomic E-state index is 14.9. The maximum Gasteiger partial charge on any atom is 0.139 e. The molecule has 0 N–H and O–H groups in total. The fraction of sp³-hybridized carbons (Fsp3) is 0.947. The fourth-order valence-corrected chi connectivity index (χ4v) is 7.07. The molecule has 0 amide bonds. The number of carbonyl (C=O) groups excluding carboxylic acids is 1. The third-order valence-electron chi connectivity index (χ3n) is 8.25. The van der Waals surface area contributed by atoms with Gasteiger partial charge in [0, 0.05) is 11.8 Å². The number of Topliss-reactive ketones (excluding diaryl/α,β-unsaturated/α-hetero) is 1. The minimum Gasteiger partial charge on any atom is -0.299 e. The predicted molar refractivity (Wildman–Crippen MR) is 81.6 cm³/mol. The molecule has 0 bridgehead atoms. The van der Waals surface area contributed by atoms with E-state index in [9.17, 15) is 9.18 Å². The van der Waals surface area contributed by atoms with Crippen LogP contribution in [0.2, 0.25) is 0 Å². The summed E-state index contributed by atoms with van der Waals surface area (Å²) >= 11 is 0. The van der Waals surface area contributed by atoms with E-state index in [-0.39, 0.29) is 10.8 Å². The van der Waals surface area contributed by atoms with Gasteiger partial charge in [0.25, 0.3) is 0 Å². The van der Waals surface area contributed by atoms with Crippen LogP contribution in [0.5, 0.6) is 0 Å². The first kappa shape index (κ1) is 14.2. The van der Waals surface area contributed by atoms with Gasteiger partial charge in [0.05, 0.1) is 0 Å². The molecule has 1 unspecified atom stereocenters. The van der Waals surface area contributed by atoms with Crippen LogP contribution in [0.25, 0.3) is 0 Å². The summed E-state index contributed by atoms with van der Waals surface area (Å²) in [6.45, 7) is 4.57. The topological polar surface area (TPSA) is 17.1 Å². The highest BCUT2D eigenvalue weighted by atomic mass is 19.1. The number of hydrogen-bond donors (Lipinski definition) is 0. The molecule has 1 nitrogen and oxygen atoms in total. The molecule has 4 aliphatic rings. The number of halogens is 1. The van der Waals surface area contributed by atoms with Crippen molar-refractivity contribution in [2.45, 2.75) is 77.8 Å². The van der Waals surface area contributed by atoms with Crippen molar-refractivity contribution >= 4 is 5.78 Å². The number of hydrogen-bond acceptors (Lipinski definition) is 1. The molecule has 21 heavy (non-hydrogen) atoms. The zero-order valence-electron chi connectivity index (χ0n) is 13.5. The van der Waals surface area contributed by atoms with E-state index in [2.05, 4.69) is 13.8 Å². The Hall–Kier alpha value is -0.400. The molecule has 7 atom stereocenters. The Labute approximate surface area is 128 Å². The van der Waals surface area contributed by atoms with E-state index in [0.29, 0.717) is 29.5 Å². The third-order valence-corrected chi connectivity index (χ3v) is 8.25. The summed E-state index contributed by atoms with van der Waals surface area (Å²) in [4.78, 5) is 12.4. The van der Waals surface area contributed by atoms with Crippen LogP contribution >= 0.6 is 0 Å². The number of rotatable bonds is 0. The molecule has 0 saturated heterocycles. The highest BCUT2D eigenvalue weighted by Gasteiger charge is 2.61. The summed E-state index contributed by atoms with van der Waals surface area (Å²) in [6, 6.07) is 0. The van der Waals surface area contributed by atoms with Crippen molar-refractivity contribution in [2.24, 2.45) is 34.5 Å². The molecule has 4 aliphatic carbocycles. The van der Waals surface area contributed by atoms with Gasteiger partial charge in [-0.15, -0.1) is 0 Å². The first-order valence-corrected chi connectivity index (χ1v) is 9.14. The van der Waals surface area contributed by atoms with Gasteiger partial charge in [0.15, 0.2) is 0 Å². The molecule has 0 spiro atoms. The van der Waals surface area contributed by atoms with Crippen molar-refractivity contribution in [3.8, 4) is 0 Å². The molecule has 2 heteroatoms. The van der Waals surface area contributed by atoms with Crippen LogP contribution in [-0.4, -0.2) is 12.0 Å². The first-order chi connectivity index (χ1) is 9.97. The fourth-order valence-electron chi connectivity index (χ4n) is 7.07. The summed E-state index contributed by atoms with van der Waals surface area (Å²) in [6.07, 6.45) is 8.97. The Morgan fingerprint density at radius 1 is 1.00 bits per heavy atom. The van der Waals surface area contributed by atoms with Gasteiger partial charge in [-0.2, -0.15) is 0 Å². The van der Waals surface area contributed by atoms with Crippen LogP contribution < -0.4 is 0 Å². The largest absolute Gasteiger partial charge is 0.299 e. The SMILES string of the molecule is C[C@]12CCCCC1[C@@H](F)C[C@@H]1[C@@H]2CC[C@]2(C)C(=O)CC[C@@H]12. The van der Waals surface area contributed by atoms with E-state index in [1.807, 2.05) is 0 Å². The molecule has 0 aromatic rings. The summed E-state index contributed by atoms with van der Waals surface area (Å²) in [5.41, 5.74) is 0.103. The van der Waals surface area contributed by atoms with Crippen molar-refractivity contribution in [3.63, 3.8) is 0 Å². The molecule has 4 saturated carbocycles. The number of carbonyl (C=O) groups is 1. The first-order valence-electron chi connectivity index (χ1n) is 9.14. The average Bonchev–Trinajstić information content (AvgIpc) is 2.75. The Morgan fingerprint density at radius 3 is 2.62 bits per heavy atom. The second-order valence-electron chi connectivity index (χ2n) is 8.90. The van der Waals surface area contributed by atoms with Gasteiger partial charge in [-0.1, -0.05) is 26.7 Å². The Balaban J connectivity index is 1.69. The Kier molecular flexibility index (Phi) is 3.08. The van der Waals surface area contributed by atoms with E-state index in [0.717, 1.165) is 32.1 Å². The highest BCUT2D eigenvalue weighted by Crippen LogP contribution is 2.65. The lowest BCUT2D eigenvalue weighted by Crippen LogP contribution is -2.56. The lowest BCUT2D eigenvalue weighted by atomic mass is 9.45. The van der Waals surface area contributed by atoms with Crippen molar-refractivity contribution in [1.82, 2.24) is 0 Å². The monoisotopic (exact) mass is 292 g/mol. The van der Waals surface area contributed by atoms with Gasteiger partial charge in [0.2, 0.25) is 0 Å². The molecular weight excluding hydrogens is 263 g/mol. The minimum absolute atomic E-state index is 0.112. The summed E-state index contributed by atoms with van der Waals surface area (Å²) < 4.78 is 14.9. The van der Waals surface area contributed by atoms with Gasteiger partial charge in [-0.25, -0.2) is 4.39 Å². The van der Waals surface area contributed by atoms with Gasteiger partial charge in [0.1, 0.15) is 12.0 Å². The second kappa shape index (κ2) is 4.55. The van der Waals surface area contributed by atoms with Crippen LogP contribution in [0.3, 0.4) is 0 Å². The maximum atomic E-state index is 14.9. The van der Waals surface area contributed by atoms with Crippen molar-refractivity contribution < 1.29 is 9.18 Å². The summed E-state index contributed by atoms with van der Waals surface area (Å²) in [7, 11) is 0. The predicted octanol–water partition coefficient (Wildman–Crippen LogP) is 4.94. The number of ketones is 1. The number of alkyl halides is 1. The molecule has 118 valence electrons. The highest BCUT2D eigenvalue weighted by molar-refractivity contribution is 5.87.